The van der Waals surface area contributed by atoms with E-state index in [1.807, 2.05) is 0 Å². The number of benzene rings is 1. The zero-order valence-electron chi connectivity index (χ0n) is 9.93. The second kappa shape index (κ2) is 6.42. The van der Waals surface area contributed by atoms with Gasteiger partial charge in [0.05, 0.1) is 14.2 Å². The van der Waals surface area contributed by atoms with E-state index < -0.39 is 0 Å². The second-order valence-electron chi connectivity index (χ2n) is 3.11. The fourth-order valence-corrected chi connectivity index (χ4v) is 1.24. The van der Waals surface area contributed by atoms with E-state index in [1.165, 1.54) is 7.11 Å². The molecule has 0 atom stereocenters. The van der Waals surface area contributed by atoms with E-state index in [2.05, 4.69) is 22.7 Å². The molecular formula is C11H12N4O2S. The summed E-state index contributed by atoms with van der Waals surface area (Å²) in [5.74, 6) is 1.18. The van der Waals surface area contributed by atoms with Crippen molar-refractivity contribution >= 4 is 28.6 Å². The smallest absolute Gasteiger partial charge is 0.194 e. The van der Waals surface area contributed by atoms with Crippen molar-refractivity contribution in [2.45, 2.75) is 0 Å². The zero-order chi connectivity index (χ0) is 13.5. The number of methoxy groups -OCH3 is 2. The number of thiocarbonyl (C=S) groups is 1. The number of hydrogen-bond acceptors (Lipinski definition) is 6. The van der Waals surface area contributed by atoms with Gasteiger partial charge in [0.25, 0.3) is 0 Å². The predicted octanol–water partition coefficient (Wildman–Crippen LogP) is 1.28. The highest BCUT2D eigenvalue weighted by Crippen LogP contribution is 2.28. The van der Waals surface area contributed by atoms with Crippen molar-refractivity contribution in [3.63, 3.8) is 0 Å². The number of nitrogens with zero attached hydrogens (tertiary/aromatic N) is 2. The molecule has 94 valence electrons. The topological polar surface area (TPSA) is 92.7 Å². The van der Waals surface area contributed by atoms with Gasteiger partial charge in [0, 0.05) is 6.07 Å². The molecule has 1 rings (SSSR count). The van der Waals surface area contributed by atoms with Gasteiger partial charge in [-0.1, -0.05) is 12.2 Å². The predicted molar refractivity (Wildman–Crippen MR) is 73.0 cm³/mol. The van der Waals surface area contributed by atoms with E-state index in [0.29, 0.717) is 17.2 Å². The molecule has 3 N–H and O–H groups in total. The van der Waals surface area contributed by atoms with Gasteiger partial charge in [-0.3, -0.25) is 5.43 Å². The van der Waals surface area contributed by atoms with Gasteiger partial charge in [-0.25, -0.2) is 0 Å². The number of nitrogens with two attached hydrogens (primary N) is 1. The number of nitrogens with one attached hydrogen (secondary N) is 1. The molecule has 6 nitrogen and oxygen atoms in total. The average molecular weight is 264 g/mol. The first-order valence-electron chi connectivity index (χ1n) is 4.88. The molecule has 1 aromatic rings. The first-order valence-corrected chi connectivity index (χ1v) is 5.28. The summed E-state index contributed by atoms with van der Waals surface area (Å²) < 4.78 is 10.2. The molecule has 0 saturated carbocycles. The lowest BCUT2D eigenvalue weighted by Gasteiger charge is -2.09. The van der Waals surface area contributed by atoms with Crippen molar-refractivity contribution in [2.75, 3.05) is 19.6 Å². The summed E-state index contributed by atoms with van der Waals surface area (Å²) in [7, 11) is 3.07. The molecule has 7 heteroatoms. The Kier molecular flexibility index (Phi) is 4.90. The van der Waals surface area contributed by atoms with E-state index in [1.54, 1.807) is 31.4 Å². The number of anilines is 1. The van der Waals surface area contributed by atoms with Crippen LogP contribution in [0.25, 0.3) is 0 Å². The van der Waals surface area contributed by atoms with Crippen LogP contribution in [0, 0.1) is 11.3 Å². The highest BCUT2D eigenvalue weighted by Gasteiger charge is 2.06. The van der Waals surface area contributed by atoms with Crippen molar-refractivity contribution < 1.29 is 9.47 Å². The maximum atomic E-state index is 8.76. The molecule has 0 aliphatic rings. The monoisotopic (exact) mass is 264 g/mol. The SMILES string of the molecule is COc1ccc(OC)c(NN=C(C#N)C(N)=S)c1. The highest BCUT2D eigenvalue weighted by atomic mass is 32.1. The lowest BCUT2D eigenvalue weighted by molar-refractivity contribution is 0.404. The van der Waals surface area contributed by atoms with Crippen LogP contribution < -0.4 is 20.6 Å². The Balaban J connectivity index is 3.02. The highest BCUT2D eigenvalue weighted by molar-refractivity contribution is 7.82. The molecule has 1 aromatic carbocycles. The normalized spacial score (nSPS) is 10.4. The maximum absolute atomic E-state index is 8.76. The first-order chi connectivity index (χ1) is 8.62. The largest absolute Gasteiger partial charge is 0.497 e. The molecule has 0 unspecified atom stereocenters. The molecule has 0 amide bonds. The van der Waals surface area contributed by atoms with Gasteiger partial charge >= 0.3 is 0 Å². The van der Waals surface area contributed by atoms with E-state index in [9.17, 15) is 0 Å². The Morgan fingerprint density at radius 2 is 2.17 bits per heavy atom. The Morgan fingerprint density at radius 3 is 2.67 bits per heavy atom. The third kappa shape index (κ3) is 3.33. The number of hydrazone groups is 1. The molecular weight excluding hydrogens is 252 g/mol. The molecule has 0 fully saturated rings. The first kappa shape index (κ1) is 13.7. The van der Waals surface area contributed by atoms with E-state index in [-0.39, 0.29) is 10.7 Å². The number of nitriles is 1. The van der Waals surface area contributed by atoms with Crippen LogP contribution in [0.15, 0.2) is 23.3 Å². The van der Waals surface area contributed by atoms with Gasteiger partial charge in [0.2, 0.25) is 0 Å². The van der Waals surface area contributed by atoms with Crippen molar-refractivity contribution in [3.05, 3.63) is 18.2 Å². The zero-order valence-corrected chi connectivity index (χ0v) is 10.7. The number of ether oxygens (including phenoxy) is 2. The van der Waals surface area contributed by atoms with Crippen LogP contribution in [0.1, 0.15) is 0 Å². The molecule has 0 aliphatic heterocycles. The van der Waals surface area contributed by atoms with E-state index in [4.69, 9.17) is 20.5 Å². The molecule has 0 bridgehead atoms. The summed E-state index contributed by atoms with van der Waals surface area (Å²) in [5.41, 5.74) is 8.47. The van der Waals surface area contributed by atoms with Crippen LogP contribution in [0.4, 0.5) is 5.69 Å². The van der Waals surface area contributed by atoms with Crippen LogP contribution in [-0.2, 0) is 0 Å². The summed E-state index contributed by atoms with van der Waals surface area (Å²) in [4.78, 5) is -0.0770. The Labute approximate surface area is 110 Å². The Bertz CT molecular complexity index is 522. The minimum Gasteiger partial charge on any atom is -0.497 e. The minimum atomic E-state index is -0.0770. The van der Waals surface area contributed by atoms with Crippen molar-refractivity contribution in [1.82, 2.24) is 0 Å². The summed E-state index contributed by atoms with van der Waals surface area (Å²) in [6, 6.07) is 6.92. The van der Waals surface area contributed by atoms with E-state index >= 15 is 0 Å². The number of hydrogen-bond donors (Lipinski definition) is 2. The quantitative estimate of drug-likeness (QED) is 0.473. The second-order valence-corrected chi connectivity index (χ2v) is 3.55. The minimum absolute atomic E-state index is 0.0603. The third-order valence-corrected chi connectivity index (χ3v) is 2.23. The average Bonchev–Trinajstić information content (AvgIpc) is 2.38. The molecule has 0 heterocycles. The third-order valence-electron chi connectivity index (χ3n) is 2.03. The fourth-order valence-electron chi connectivity index (χ4n) is 1.15. The standard InChI is InChI=1S/C11H12N4O2S/c1-16-7-3-4-10(17-2)8(5-7)14-15-9(6-12)11(13)18/h3-5,14H,1-2H3,(H2,13,18). The lowest BCUT2D eigenvalue weighted by Crippen LogP contribution is -2.20. The molecule has 0 aliphatic carbocycles. The molecule has 0 aromatic heterocycles. The molecule has 0 saturated heterocycles. The van der Waals surface area contributed by atoms with Crippen LogP contribution in [0.3, 0.4) is 0 Å². The van der Waals surface area contributed by atoms with Gasteiger partial charge in [0.15, 0.2) is 5.71 Å². The summed E-state index contributed by atoms with van der Waals surface area (Å²) in [6.45, 7) is 0. The van der Waals surface area contributed by atoms with Gasteiger partial charge in [-0.2, -0.15) is 10.4 Å². The van der Waals surface area contributed by atoms with Gasteiger partial charge in [0.1, 0.15) is 28.2 Å². The van der Waals surface area contributed by atoms with Gasteiger partial charge in [-0.05, 0) is 12.1 Å². The lowest BCUT2D eigenvalue weighted by atomic mass is 10.3. The molecule has 0 radical (unpaired) electrons. The maximum Gasteiger partial charge on any atom is 0.194 e. The van der Waals surface area contributed by atoms with Crippen LogP contribution in [0.5, 0.6) is 11.5 Å². The molecule has 0 spiro atoms. The summed E-state index contributed by atoms with van der Waals surface area (Å²) >= 11 is 4.67. The van der Waals surface area contributed by atoms with Crippen LogP contribution in [0.2, 0.25) is 0 Å². The van der Waals surface area contributed by atoms with Gasteiger partial charge in [-0.15, -0.1) is 0 Å². The Morgan fingerprint density at radius 1 is 1.44 bits per heavy atom. The van der Waals surface area contributed by atoms with Crippen LogP contribution in [-0.4, -0.2) is 24.9 Å². The molecule has 18 heavy (non-hydrogen) atoms. The van der Waals surface area contributed by atoms with Crippen molar-refractivity contribution in [3.8, 4) is 17.6 Å². The van der Waals surface area contributed by atoms with Gasteiger partial charge < -0.3 is 15.2 Å². The Hall–Kier alpha value is -2.33. The fraction of sp³-hybridized carbons (Fsp3) is 0.182. The van der Waals surface area contributed by atoms with E-state index in [0.717, 1.165) is 0 Å². The van der Waals surface area contributed by atoms with Crippen LogP contribution >= 0.6 is 12.2 Å². The van der Waals surface area contributed by atoms with Crippen molar-refractivity contribution in [2.24, 2.45) is 10.8 Å². The summed E-state index contributed by atoms with van der Waals surface area (Å²) in [6.07, 6.45) is 0. The van der Waals surface area contributed by atoms with Crippen molar-refractivity contribution in [1.29, 1.82) is 5.26 Å². The number of rotatable bonds is 5. The summed E-state index contributed by atoms with van der Waals surface area (Å²) in [5, 5.41) is 12.6.